The number of benzene rings is 1. The average Bonchev–Trinajstić information content (AvgIpc) is 2.29. The minimum Gasteiger partial charge on any atom is -0.496 e. The van der Waals surface area contributed by atoms with Crippen LogP contribution in [-0.2, 0) is 22.4 Å². The normalized spacial score (nSPS) is 10.0. The van der Waals surface area contributed by atoms with E-state index in [2.05, 4.69) is 0 Å². The molecule has 0 fully saturated rings. The zero-order valence-corrected chi connectivity index (χ0v) is 11.5. The van der Waals surface area contributed by atoms with E-state index in [4.69, 9.17) is 32.7 Å². The van der Waals surface area contributed by atoms with Gasteiger partial charge in [0.15, 0.2) is 0 Å². The average molecular weight is 291 g/mol. The molecule has 0 saturated heterocycles. The molecule has 4 nitrogen and oxygen atoms in total. The molecule has 98 valence electrons. The molecule has 1 rings (SSSR count). The highest BCUT2D eigenvalue weighted by molar-refractivity contribution is 6.64. The fourth-order valence-electron chi connectivity index (χ4n) is 1.60. The first-order valence-corrected chi connectivity index (χ1v) is 5.84. The summed E-state index contributed by atoms with van der Waals surface area (Å²) in [5.41, 5.74) is 1.19. The van der Waals surface area contributed by atoms with Crippen LogP contribution in [0.2, 0.25) is 0 Å². The van der Waals surface area contributed by atoms with Crippen molar-refractivity contribution < 1.29 is 19.1 Å². The molecule has 18 heavy (non-hydrogen) atoms. The highest BCUT2D eigenvalue weighted by atomic mass is 35.5. The lowest BCUT2D eigenvalue weighted by Crippen LogP contribution is -2.03. The summed E-state index contributed by atoms with van der Waals surface area (Å²) in [6.45, 7) is 0. The third-order valence-corrected chi connectivity index (χ3v) is 2.61. The van der Waals surface area contributed by atoms with E-state index >= 15 is 0 Å². The molecule has 0 amide bonds. The molecule has 0 aliphatic heterocycles. The molecule has 1 aromatic carbocycles. The number of methoxy groups -OCH3 is 2. The van der Waals surface area contributed by atoms with Crippen molar-refractivity contribution in [2.75, 3.05) is 14.2 Å². The van der Waals surface area contributed by atoms with Gasteiger partial charge in [-0.15, -0.1) is 0 Å². The smallest absolute Gasteiger partial charge is 0.226 e. The molecule has 0 heterocycles. The first-order chi connectivity index (χ1) is 8.47. The van der Waals surface area contributed by atoms with E-state index in [1.807, 2.05) is 0 Å². The van der Waals surface area contributed by atoms with Gasteiger partial charge in [0.2, 0.25) is 10.5 Å². The lowest BCUT2D eigenvalue weighted by molar-refractivity contribution is -0.112. The molecule has 0 bridgehead atoms. The molecule has 0 spiro atoms. The van der Waals surface area contributed by atoms with E-state index in [0.717, 1.165) is 0 Å². The maximum atomic E-state index is 10.9. The van der Waals surface area contributed by atoms with Crippen LogP contribution in [0.1, 0.15) is 11.1 Å². The summed E-state index contributed by atoms with van der Waals surface area (Å²) in [4.78, 5) is 21.9. The SMILES string of the molecule is COc1cc(CC(=O)Cl)c(OC)cc1CC(=O)Cl. The van der Waals surface area contributed by atoms with Crippen LogP contribution in [0.15, 0.2) is 12.1 Å². The second kappa shape index (κ2) is 6.61. The minimum atomic E-state index is -0.503. The van der Waals surface area contributed by atoms with E-state index < -0.39 is 10.5 Å². The first kappa shape index (κ1) is 14.8. The zero-order valence-electron chi connectivity index (χ0n) is 9.96. The Hall–Kier alpha value is -1.26. The van der Waals surface area contributed by atoms with Crippen LogP contribution in [0.25, 0.3) is 0 Å². The number of halogens is 2. The molecule has 0 unspecified atom stereocenters. The second-order valence-electron chi connectivity index (χ2n) is 3.54. The largest absolute Gasteiger partial charge is 0.496 e. The van der Waals surface area contributed by atoms with Crippen molar-refractivity contribution in [3.63, 3.8) is 0 Å². The number of carbonyl (C=O) groups excluding carboxylic acids is 2. The fourth-order valence-corrected chi connectivity index (χ4v) is 1.89. The molecule has 0 aromatic heterocycles. The van der Waals surface area contributed by atoms with Crippen LogP contribution in [0.4, 0.5) is 0 Å². The van der Waals surface area contributed by atoms with Gasteiger partial charge in [0.1, 0.15) is 11.5 Å². The zero-order chi connectivity index (χ0) is 13.7. The Labute approximate surface area is 115 Å². The minimum absolute atomic E-state index is 0.0240. The highest BCUT2D eigenvalue weighted by Gasteiger charge is 2.14. The third kappa shape index (κ3) is 3.89. The standard InChI is InChI=1S/C12H12Cl2O4/c1-17-9-3-8(6-12(14)16)10(18-2)4-7(9)5-11(13)15/h3-4H,5-6H2,1-2H3. The van der Waals surface area contributed by atoms with Gasteiger partial charge in [0.25, 0.3) is 0 Å². The Morgan fingerprint density at radius 1 is 0.944 bits per heavy atom. The Morgan fingerprint density at radius 3 is 1.50 bits per heavy atom. The third-order valence-electron chi connectivity index (χ3n) is 2.34. The fraction of sp³-hybridized carbons (Fsp3) is 0.333. The van der Waals surface area contributed by atoms with Gasteiger partial charge in [0, 0.05) is 11.1 Å². The molecule has 0 N–H and O–H groups in total. The van der Waals surface area contributed by atoms with Crippen LogP contribution in [0, 0.1) is 0 Å². The predicted molar refractivity (Wildman–Crippen MR) is 68.7 cm³/mol. The number of hydrogen-bond donors (Lipinski definition) is 0. The number of ether oxygens (including phenoxy) is 2. The number of rotatable bonds is 6. The summed E-state index contributed by atoms with van der Waals surface area (Å²) in [5, 5.41) is -1.01. The van der Waals surface area contributed by atoms with Crippen LogP contribution >= 0.6 is 23.2 Å². The molecular formula is C12H12Cl2O4. The first-order valence-electron chi connectivity index (χ1n) is 5.08. The van der Waals surface area contributed by atoms with Gasteiger partial charge < -0.3 is 9.47 Å². The van der Waals surface area contributed by atoms with Crippen LogP contribution in [-0.4, -0.2) is 24.7 Å². The van der Waals surface area contributed by atoms with Crippen LogP contribution in [0.3, 0.4) is 0 Å². The van der Waals surface area contributed by atoms with Crippen molar-refractivity contribution in [3.8, 4) is 11.5 Å². The summed E-state index contributed by atoms with van der Waals surface area (Å²) < 4.78 is 10.3. The maximum Gasteiger partial charge on any atom is 0.226 e. The van der Waals surface area contributed by atoms with Gasteiger partial charge in [-0.05, 0) is 35.3 Å². The topological polar surface area (TPSA) is 52.6 Å². The number of hydrogen-bond acceptors (Lipinski definition) is 4. The Morgan fingerprint density at radius 2 is 1.28 bits per heavy atom. The van der Waals surface area contributed by atoms with E-state index in [9.17, 15) is 9.59 Å². The van der Waals surface area contributed by atoms with E-state index in [1.165, 1.54) is 14.2 Å². The van der Waals surface area contributed by atoms with Crippen molar-refractivity contribution in [1.82, 2.24) is 0 Å². The van der Waals surface area contributed by atoms with Gasteiger partial charge in [-0.25, -0.2) is 0 Å². The van der Waals surface area contributed by atoms with Crippen molar-refractivity contribution in [2.45, 2.75) is 12.8 Å². The molecule has 0 saturated carbocycles. The van der Waals surface area contributed by atoms with Gasteiger partial charge in [0.05, 0.1) is 27.1 Å². The van der Waals surface area contributed by atoms with Gasteiger partial charge in [-0.3, -0.25) is 9.59 Å². The summed E-state index contributed by atoms with van der Waals surface area (Å²) in [7, 11) is 2.94. The maximum absolute atomic E-state index is 10.9. The van der Waals surface area contributed by atoms with Gasteiger partial charge in [-0.2, -0.15) is 0 Å². The quantitative estimate of drug-likeness (QED) is 0.755. The lowest BCUT2D eigenvalue weighted by Gasteiger charge is -2.13. The monoisotopic (exact) mass is 290 g/mol. The molecule has 6 heteroatoms. The summed E-state index contributed by atoms with van der Waals surface area (Å²) >= 11 is 10.7. The van der Waals surface area contributed by atoms with Crippen molar-refractivity contribution in [2.24, 2.45) is 0 Å². The molecule has 0 radical (unpaired) electrons. The number of carbonyl (C=O) groups is 2. The van der Waals surface area contributed by atoms with Crippen LogP contribution < -0.4 is 9.47 Å². The van der Waals surface area contributed by atoms with E-state index in [-0.39, 0.29) is 12.8 Å². The summed E-state index contributed by atoms with van der Waals surface area (Å²) in [6, 6.07) is 3.24. The summed E-state index contributed by atoms with van der Waals surface area (Å²) in [6.07, 6.45) is 0.0480. The van der Waals surface area contributed by atoms with Crippen molar-refractivity contribution in [3.05, 3.63) is 23.3 Å². The van der Waals surface area contributed by atoms with Gasteiger partial charge in [-0.1, -0.05) is 0 Å². The highest BCUT2D eigenvalue weighted by Crippen LogP contribution is 2.30. The Kier molecular flexibility index (Phi) is 5.44. The molecule has 0 aliphatic rings. The molecule has 1 aromatic rings. The second-order valence-corrected chi connectivity index (χ2v) is 4.38. The summed E-state index contributed by atoms with van der Waals surface area (Å²) in [5.74, 6) is 0.940. The molecule has 0 atom stereocenters. The Bertz CT molecular complexity index is 428. The Balaban J connectivity index is 3.22. The van der Waals surface area contributed by atoms with E-state index in [0.29, 0.717) is 22.6 Å². The van der Waals surface area contributed by atoms with Crippen molar-refractivity contribution in [1.29, 1.82) is 0 Å². The molecule has 0 aliphatic carbocycles. The lowest BCUT2D eigenvalue weighted by atomic mass is 10.0. The van der Waals surface area contributed by atoms with Gasteiger partial charge >= 0.3 is 0 Å². The molecular weight excluding hydrogens is 279 g/mol. The van der Waals surface area contributed by atoms with E-state index in [1.54, 1.807) is 12.1 Å². The van der Waals surface area contributed by atoms with Crippen LogP contribution in [0.5, 0.6) is 11.5 Å². The van der Waals surface area contributed by atoms with Crippen molar-refractivity contribution >= 4 is 33.7 Å². The predicted octanol–water partition coefficient (Wildman–Crippen LogP) is 2.32.